The zero-order valence-corrected chi connectivity index (χ0v) is 14.3. The highest BCUT2D eigenvalue weighted by atomic mass is 16.2. The minimum atomic E-state index is -0.225. The monoisotopic (exact) mass is 343 g/mol. The van der Waals surface area contributed by atoms with E-state index in [-0.39, 0.29) is 18.4 Å². The first-order chi connectivity index (χ1) is 12.6. The van der Waals surface area contributed by atoms with Crippen molar-refractivity contribution in [1.82, 2.24) is 4.98 Å². The molecule has 1 aliphatic heterocycles. The van der Waals surface area contributed by atoms with Gasteiger partial charge in [-0.2, -0.15) is 0 Å². The minimum Gasteiger partial charge on any atom is -0.323 e. The smallest absolute Gasteiger partial charge is 0.260 e. The van der Waals surface area contributed by atoms with Crippen molar-refractivity contribution in [2.75, 3.05) is 16.8 Å². The summed E-state index contributed by atoms with van der Waals surface area (Å²) in [6, 6.07) is 20.7. The number of nitrogens with one attached hydrogen (secondary N) is 1. The van der Waals surface area contributed by atoms with Gasteiger partial charge in [-0.15, -0.1) is 0 Å². The third-order valence-electron chi connectivity index (χ3n) is 4.40. The van der Waals surface area contributed by atoms with Gasteiger partial charge in [-0.25, -0.2) is 0 Å². The molecular formula is C21H17N3O2. The molecule has 0 spiro atoms. The number of pyridine rings is 1. The molecule has 2 amide bonds. The Morgan fingerprint density at radius 1 is 1.00 bits per heavy atom. The first-order valence-corrected chi connectivity index (χ1v) is 8.37. The third kappa shape index (κ3) is 2.84. The van der Waals surface area contributed by atoms with Crippen molar-refractivity contribution >= 4 is 23.2 Å². The Bertz CT molecular complexity index is 999. The first-order valence-electron chi connectivity index (χ1n) is 8.37. The van der Waals surface area contributed by atoms with Crippen LogP contribution in [0, 0.1) is 6.92 Å². The average molecular weight is 343 g/mol. The topological polar surface area (TPSA) is 62.3 Å². The number of amides is 2. The van der Waals surface area contributed by atoms with Crippen molar-refractivity contribution in [3.8, 4) is 11.3 Å². The molecule has 0 aliphatic carbocycles. The SMILES string of the molecule is Cc1nc(-c2ccccc2)ccc1C(=O)N1CC(=O)Nc2ccccc21. The van der Waals surface area contributed by atoms with Gasteiger partial charge in [0.15, 0.2) is 0 Å². The summed E-state index contributed by atoms with van der Waals surface area (Å²) < 4.78 is 0. The molecule has 26 heavy (non-hydrogen) atoms. The Morgan fingerprint density at radius 3 is 2.50 bits per heavy atom. The molecule has 0 fully saturated rings. The van der Waals surface area contributed by atoms with Crippen LogP contribution in [0.15, 0.2) is 66.7 Å². The van der Waals surface area contributed by atoms with E-state index in [0.717, 1.165) is 11.3 Å². The van der Waals surface area contributed by atoms with Crippen molar-refractivity contribution in [2.45, 2.75) is 6.92 Å². The molecule has 1 aliphatic rings. The predicted molar refractivity (Wildman–Crippen MR) is 101 cm³/mol. The molecule has 1 N–H and O–H groups in total. The van der Waals surface area contributed by atoms with Crippen molar-refractivity contribution in [3.05, 3.63) is 78.0 Å². The van der Waals surface area contributed by atoms with E-state index in [2.05, 4.69) is 10.3 Å². The van der Waals surface area contributed by atoms with Crippen LogP contribution in [0.1, 0.15) is 16.1 Å². The quantitative estimate of drug-likeness (QED) is 0.772. The van der Waals surface area contributed by atoms with Gasteiger partial charge >= 0.3 is 0 Å². The summed E-state index contributed by atoms with van der Waals surface area (Å²) in [5.41, 5.74) is 4.29. The lowest BCUT2D eigenvalue weighted by Crippen LogP contribution is -2.42. The van der Waals surface area contributed by atoms with E-state index in [1.165, 1.54) is 4.90 Å². The number of nitrogens with zero attached hydrogens (tertiary/aromatic N) is 2. The molecule has 2 aromatic carbocycles. The van der Waals surface area contributed by atoms with Crippen molar-refractivity contribution in [1.29, 1.82) is 0 Å². The predicted octanol–water partition coefficient (Wildman–Crippen LogP) is 3.66. The van der Waals surface area contributed by atoms with Crippen LogP contribution in [0.3, 0.4) is 0 Å². The second-order valence-corrected chi connectivity index (χ2v) is 6.15. The zero-order chi connectivity index (χ0) is 18.1. The van der Waals surface area contributed by atoms with Gasteiger partial charge in [0.05, 0.1) is 28.3 Å². The van der Waals surface area contributed by atoms with E-state index in [0.29, 0.717) is 22.6 Å². The fourth-order valence-electron chi connectivity index (χ4n) is 3.12. The highest BCUT2D eigenvalue weighted by Crippen LogP contribution is 2.30. The van der Waals surface area contributed by atoms with Crippen LogP contribution >= 0.6 is 0 Å². The number of fused-ring (bicyclic) bond motifs is 1. The van der Waals surface area contributed by atoms with Gasteiger partial charge < -0.3 is 5.32 Å². The van der Waals surface area contributed by atoms with Crippen LogP contribution in [0.2, 0.25) is 0 Å². The van der Waals surface area contributed by atoms with Crippen LogP contribution in [0.5, 0.6) is 0 Å². The summed E-state index contributed by atoms with van der Waals surface area (Å²) in [5.74, 6) is -0.430. The highest BCUT2D eigenvalue weighted by molar-refractivity contribution is 6.15. The summed E-state index contributed by atoms with van der Waals surface area (Å²) in [7, 11) is 0. The minimum absolute atomic E-state index is 0.00424. The number of aryl methyl sites for hydroxylation is 1. The molecule has 5 heteroatoms. The molecule has 0 saturated carbocycles. The molecule has 0 unspecified atom stereocenters. The van der Waals surface area contributed by atoms with Crippen LogP contribution in [-0.4, -0.2) is 23.3 Å². The van der Waals surface area contributed by atoms with Gasteiger partial charge in [0.1, 0.15) is 6.54 Å². The maximum Gasteiger partial charge on any atom is 0.260 e. The molecule has 4 rings (SSSR count). The highest BCUT2D eigenvalue weighted by Gasteiger charge is 2.28. The fourth-order valence-corrected chi connectivity index (χ4v) is 3.12. The lowest BCUT2D eigenvalue weighted by atomic mass is 10.1. The number of carbonyl (C=O) groups is 2. The van der Waals surface area contributed by atoms with Crippen LogP contribution in [0.25, 0.3) is 11.3 Å². The summed E-state index contributed by atoms with van der Waals surface area (Å²) in [4.78, 5) is 31.1. The maximum atomic E-state index is 13.1. The Labute approximate surface area is 151 Å². The lowest BCUT2D eigenvalue weighted by Gasteiger charge is -2.29. The van der Waals surface area contributed by atoms with Gasteiger partial charge in [-0.1, -0.05) is 42.5 Å². The third-order valence-corrected chi connectivity index (χ3v) is 4.40. The summed E-state index contributed by atoms with van der Waals surface area (Å²) in [6.45, 7) is 1.81. The van der Waals surface area contributed by atoms with E-state index >= 15 is 0 Å². The molecular weight excluding hydrogens is 326 g/mol. The maximum absolute atomic E-state index is 13.1. The Morgan fingerprint density at radius 2 is 1.73 bits per heavy atom. The fraction of sp³-hybridized carbons (Fsp3) is 0.0952. The number of anilines is 2. The molecule has 0 saturated heterocycles. The van der Waals surface area contributed by atoms with Crippen LogP contribution in [-0.2, 0) is 4.79 Å². The van der Waals surface area contributed by atoms with Gasteiger partial charge in [-0.3, -0.25) is 19.5 Å². The van der Waals surface area contributed by atoms with Gasteiger partial charge in [0.2, 0.25) is 5.91 Å². The standard InChI is InChI=1S/C21H17N3O2/c1-14-16(11-12-17(22-14)15-7-3-2-4-8-15)21(26)24-13-20(25)23-18-9-5-6-10-19(18)24/h2-12H,13H2,1H3,(H,23,25). The molecule has 2 heterocycles. The van der Waals surface area contributed by atoms with Crippen LogP contribution < -0.4 is 10.2 Å². The molecule has 0 radical (unpaired) electrons. The second-order valence-electron chi connectivity index (χ2n) is 6.15. The molecule has 5 nitrogen and oxygen atoms in total. The number of carbonyl (C=O) groups excluding carboxylic acids is 2. The summed E-state index contributed by atoms with van der Waals surface area (Å²) in [6.07, 6.45) is 0. The van der Waals surface area contributed by atoms with Gasteiger partial charge in [0.25, 0.3) is 5.91 Å². The normalized spacial score (nSPS) is 13.1. The van der Waals surface area contributed by atoms with Crippen molar-refractivity contribution in [2.24, 2.45) is 0 Å². The second kappa shape index (κ2) is 6.44. The van der Waals surface area contributed by atoms with Gasteiger partial charge in [0, 0.05) is 5.56 Å². The Hall–Kier alpha value is -3.47. The molecule has 0 bridgehead atoms. The largest absolute Gasteiger partial charge is 0.323 e. The number of rotatable bonds is 2. The van der Waals surface area contributed by atoms with E-state index in [4.69, 9.17) is 0 Å². The van der Waals surface area contributed by atoms with E-state index in [9.17, 15) is 9.59 Å². The molecule has 128 valence electrons. The van der Waals surface area contributed by atoms with E-state index in [1.807, 2.05) is 61.5 Å². The number of hydrogen-bond donors (Lipinski definition) is 1. The number of benzene rings is 2. The van der Waals surface area contributed by atoms with E-state index < -0.39 is 0 Å². The zero-order valence-electron chi connectivity index (χ0n) is 14.3. The van der Waals surface area contributed by atoms with Crippen molar-refractivity contribution in [3.63, 3.8) is 0 Å². The Kier molecular flexibility index (Phi) is 3.97. The number of hydrogen-bond acceptors (Lipinski definition) is 3. The summed E-state index contributed by atoms with van der Waals surface area (Å²) in [5, 5.41) is 2.79. The lowest BCUT2D eigenvalue weighted by molar-refractivity contribution is -0.115. The molecule has 1 aromatic heterocycles. The molecule has 0 atom stereocenters. The number of aromatic nitrogens is 1. The van der Waals surface area contributed by atoms with Crippen molar-refractivity contribution < 1.29 is 9.59 Å². The molecule has 3 aromatic rings. The average Bonchev–Trinajstić information content (AvgIpc) is 2.67. The first kappa shape index (κ1) is 16.0. The Balaban J connectivity index is 1.70. The van der Waals surface area contributed by atoms with E-state index in [1.54, 1.807) is 12.1 Å². The summed E-state index contributed by atoms with van der Waals surface area (Å²) >= 11 is 0. The number of para-hydroxylation sites is 2. The van der Waals surface area contributed by atoms with Gasteiger partial charge in [-0.05, 0) is 31.2 Å². The van der Waals surface area contributed by atoms with Crippen LogP contribution in [0.4, 0.5) is 11.4 Å².